The van der Waals surface area contributed by atoms with E-state index in [-0.39, 0.29) is 30.3 Å². The molecule has 1 atom stereocenters. The molecule has 0 unspecified atom stereocenters. The summed E-state index contributed by atoms with van der Waals surface area (Å²) in [4.78, 5) is 46.1. The first kappa shape index (κ1) is 24.6. The van der Waals surface area contributed by atoms with E-state index in [0.29, 0.717) is 16.1 Å². The third-order valence-electron chi connectivity index (χ3n) is 6.26. The van der Waals surface area contributed by atoms with Gasteiger partial charge in [0.05, 0.1) is 11.4 Å². The SMILES string of the molecule is Cc1ccc(N(C(=O)CNC(=O)c2cccs2)[C@H](C(=O)NC2CCCC2)c2ccncc2)c(C)c1. The van der Waals surface area contributed by atoms with Crippen LogP contribution in [0.1, 0.15) is 58.1 Å². The lowest BCUT2D eigenvalue weighted by Crippen LogP contribution is -2.49. The maximum atomic E-state index is 13.7. The van der Waals surface area contributed by atoms with Crippen molar-refractivity contribution in [3.63, 3.8) is 0 Å². The average Bonchev–Trinajstić information content (AvgIpc) is 3.56. The molecule has 2 aromatic heterocycles. The summed E-state index contributed by atoms with van der Waals surface area (Å²) >= 11 is 1.31. The van der Waals surface area contributed by atoms with Crippen LogP contribution in [-0.2, 0) is 9.59 Å². The number of aromatic nitrogens is 1. The second-order valence-corrected chi connectivity index (χ2v) is 9.83. The fraction of sp³-hybridized carbons (Fsp3) is 0.333. The fourth-order valence-electron chi connectivity index (χ4n) is 4.54. The molecule has 1 aliphatic rings. The molecule has 0 spiro atoms. The van der Waals surface area contributed by atoms with Crippen molar-refractivity contribution in [2.24, 2.45) is 0 Å². The largest absolute Gasteiger partial charge is 0.351 e. The lowest BCUT2D eigenvalue weighted by molar-refractivity contribution is -0.126. The zero-order chi connectivity index (χ0) is 24.8. The molecule has 3 amide bonds. The highest BCUT2D eigenvalue weighted by Crippen LogP contribution is 2.31. The Hall–Kier alpha value is -3.52. The minimum absolute atomic E-state index is 0.0986. The van der Waals surface area contributed by atoms with Gasteiger partial charge in [0.25, 0.3) is 5.91 Å². The maximum Gasteiger partial charge on any atom is 0.261 e. The zero-order valence-electron chi connectivity index (χ0n) is 20.0. The van der Waals surface area contributed by atoms with Crippen LogP contribution in [-0.4, -0.2) is 35.3 Å². The molecule has 2 N–H and O–H groups in total. The van der Waals surface area contributed by atoms with Crippen LogP contribution < -0.4 is 15.5 Å². The van der Waals surface area contributed by atoms with Crippen molar-refractivity contribution >= 4 is 34.7 Å². The van der Waals surface area contributed by atoms with Gasteiger partial charge in [0.1, 0.15) is 6.04 Å². The molecule has 1 aliphatic carbocycles. The summed E-state index contributed by atoms with van der Waals surface area (Å²) in [6.45, 7) is 3.67. The third kappa shape index (κ3) is 5.95. The van der Waals surface area contributed by atoms with Crippen LogP contribution in [0.25, 0.3) is 0 Å². The quantitative estimate of drug-likeness (QED) is 0.492. The molecule has 0 radical (unpaired) electrons. The smallest absolute Gasteiger partial charge is 0.261 e. The molecule has 1 saturated carbocycles. The summed E-state index contributed by atoms with van der Waals surface area (Å²) in [6.07, 6.45) is 7.27. The van der Waals surface area contributed by atoms with Gasteiger partial charge < -0.3 is 10.6 Å². The minimum atomic E-state index is -0.897. The molecule has 0 aliphatic heterocycles. The van der Waals surface area contributed by atoms with Crippen molar-refractivity contribution in [3.05, 3.63) is 81.8 Å². The van der Waals surface area contributed by atoms with Gasteiger partial charge in [-0.15, -0.1) is 11.3 Å². The highest BCUT2D eigenvalue weighted by atomic mass is 32.1. The number of rotatable bonds is 8. The zero-order valence-corrected chi connectivity index (χ0v) is 20.8. The van der Waals surface area contributed by atoms with E-state index < -0.39 is 6.04 Å². The van der Waals surface area contributed by atoms with Crippen LogP contribution in [0.3, 0.4) is 0 Å². The second kappa shape index (κ2) is 11.3. The van der Waals surface area contributed by atoms with Crippen molar-refractivity contribution in [1.29, 1.82) is 0 Å². The van der Waals surface area contributed by atoms with Crippen LogP contribution in [0.15, 0.2) is 60.2 Å². The first-order valence-corrected chi connectivity index (χ1v) is 12.7. The lowest BCUT2D eigenvalue weighted by Gasteiger charge is -2.33. The van der Waals surface area contributed by atoms with Crippen LogP contribution in [0.4, 0.5) is 5.69 Å². The van der Waals surface area contributed by atoms with Crippen molar-refractivity contribution < 1.29 is 14.4 Å². The average molecular weight is 491 g/mol. The van der Waals surface area contributed by atoms with Crippen molar-refractivity contribution in [2.45, 2.75) is 51.6 Å². The van der Waals surface area contributed by atoms with Gasteiger partial charge in [0.2, 0.25) is 11.8 Å². The summed E-state index contributed by atoms with van der Waals surface area (Å²) in [6, 6.07) is 12.0. The summed E-state index contributed by atoms with van der Waals surface area (Å²) in [7, 11) is 0. The summed E-state index contributed by atoms with van der Waals surface area (Å²) in [5, 5.41) is 7.69. The molecule has 35 heavy (non-hydrogen) atoms. The Labute approximate surface area is 209 Å². The van der Waals surface area contributed by atoms with Crippen LogP contribution in [0.2, 0.25) is 0 Å². The molecule has 0 bridgehead atoms. The molecular weight excluding hydrogens is 460 g/mol. The molecule has 4 rings (SSSR count). The number of hydrogen-bond donors (Lipinski definition) is 2. The van der Waals surface area contributed by atoms with E-state index in [1.54, 1.807) is 36.7 Å². The van der Waals surface area contributed by atoms with Gasteiger partial charge in [-0.05, 0) is 67.5 Å². The van der Waals surface area contributed by atoms with E-state index in [9.17, 15) is 14.4 Å². The number of amides is 3. The molecule has 1 fully saturated rings. The van der Waals surface area contributed by atoms with Gasteiger partial charge in [-0.3, -0.25) is 24.3 Å². The lowest BCUT2D eigenvalue weighted by atomic mass is 10.0. The molecule has 182 valence electrons. The number of carbonyl (C=O) groups excluding carboxylic acids is 3. The summed E-state index contributed by atoms with van der Waals surface area (Å²) < 4.78 is 0. The topological polar surface area (TPSA) is 91.4 Å². The van der Waals surface area contributed by atoms with Crippen molar-refractivity contribution in [1.82, 2.24) is 15.6 Å². The number of benzene rings is 1. The number of anilines is 1. The van der Waals surface area contributed by atoms with Crippen LogP contribution in [0.5, 0.6) is 0 Å². The number of pyridine rings is 1. The van der Waals surface area contributed by atoms with E-state index in [4.69, 9.17) is 0 Å². The molecule has 1 aromatic carbocycles. The van der Waals surface area contributed by atoms with E-state index in [0.717, 1.165) is 36.8 Å². The monoisotopic (exact) mass is 490 g/mol. The van der Waals surface area contributed by atoms with Gasteiger partial charge in [-0.2, -0.15) is 0 Å². The number of carbonyl (C=O) groups is 3. The highest BCUT2D eigenvalue weighted by Gasteiger charge is 2.35. The summed E-state index contributed by atoms with van der Waals surface area (Å²) in [5.41, 5.74) is 3.22. The Morgan fingerprint density at radius 1 is 1.09 bits per heavy atom. The molecule has 3 aromatic rings. The molecule has 7 nitrogen and oxygen atoms in total. The number of nitrogens with one attached hydrogen (secondary N) is 2. The van der Waals surface area contributed by atoms with Crippen LogP contribution >= 0.6 is 11.3 Å². The van der Waals surface area contributed by atoms with E-state index in [2.05, 4.69) is 15.6 Å². The van der Waals surface area contributed by atoms with Gasteiger partial charge in [0, 0.05) is 24.1 Å². The van der Waals surface area contributed by atoms with Gasteiger partial charge in [-0.1, -0.05) is 36.6 Å². The van der Waals surface area contributed by atoms with Gasteiger partial charge in [0.15, 0.2) is 0 Å². The highest BCUT2D eigenvalue weighted by molar-refractivity contribution is 7.12. The van der Waals surface area contributed by atoms with Crippen molar-refractivity contribution in [2.75, 3.05) is 11.4 Å². The Balaban J connectivity index is 1.69. The first-order chi connectivity index (χ1) is 16.9. The normalized spacial score (nSPS) is 14.3. The second-order valence-electron chi connectivity index (χ2n) is 8.89. The Kier molecular flexibility index (Phi) is 7.92. The molecular formula is C27H30N4O3S. The Morgan fingerprint density at radius 3 is 2.49 bits per heavy atom. The molecule has 0 saturated heterocycles. The predicted molar refractivity (Wildman–Crippen MR) is 137 cm³/mol. The number of nitrogens with zero attached hydrogens (tertiary/aromatic N) is 2. The number of hydrogen-bond acceptors (Lipinski definition) is 5. The fourth-order valence-corrected chi connectivity index (χ4v) is 5.18. The van der Waals surface area contributed by atoms with Gasteiger partial charge >= 0.3 is 0 Å². The number of aryl methyl sites for hydroxylation is 2. The van der Waals surface area contributed by atoms with Gasteiger partial charge in [-0.25, -0.2) is 0 Å². The third-order valence-corrected chi connectivity index (χ3v) is 7.12. The van der Waals surface area contributed by atoms with E-state index >= 15 is 0 Å². The number of thiophene rings is 1. The predicted octanol–water partition coefficient (Wildman–Crippen LogP) is 4.32. The minimum Gasteiger partial charge on any atom is -0.351 e. The van der Waals surface area contributed by atoms with E-state index in [1.165, 1.54) is 16.2 Å². The molecule has 2 heterocycles. The first-order valence-electron chi connectivity index (χ1n) is 11.9. The van der Waals surface area contributed by atoms with E-state index in [1.807, 2.05) is 37.4 Å². The maximum absolute atomic E-state index is 13.7. The Morgan fingerprint density at radius 2 is 1.83 bits per heavy atom. The Bertz CT molecular complexity index is 1170. The standard InChI is InChI=1S/C27H30N4O3S/c1-18-9-10-22(19(2)16-18)31(24(32)17-29-26(33)23-8-5-15-35-23)25(20-11-13-28-14-12-20)27(34)30-21-6-3-4-7-21/h5,8-16,21,25H,3-4,6-7,17H2,1-2H3,(H,29,33)(H,30,34)/t25-/m0/s1. The summed E-state index contributed by atoms with van der Waals surface area (Å²) in [5.74, 6) is -0.920. The molecule has 8 heteroatoms. The van der Waals surface area contributed by atoms with Crippen molar-refractivity contribution in [3.8, 4) is 0 Å². The van der Waals surface area contributed by atoms with Crippen LogP contribution in [0, 0.1) is 13.8 Å².